The predicted molar refractivity (Wildman–Crippen MR) is 129 cm³/mol. The molecular weight excluding hydrogens is 409 g/mol. The Morgan fingerprint density at radius 2 is 1.68 bits per heavy atom. The van der Waals surface area contributed by atoms with Crippen molar-refractivity contribution in [3.8, 4) is 5.75 Å². The Balaban J connectivity index is 1.77. The zero-order chi connectivity index (χ0) is 22.6. The summed E-state index contributed by atoms with van der Waals surface area (Å²) < 4.78 is 19.1. The summed E-state index contributed by atoms with van der Waals surface area (Å²) in [5, 5.41) is 8.01. The molecule has 4 nitrogen and oxygen atoms in total. The predicted octanol–water partition coefficient (Wildman–Crippen LogP) is 5.02. The normalized spacial score (nSPS) is 17.7. The van der Waals surface area contributed by atoms with Gasteiger partial charge in [0.05, 0.1) is 7.11 Å². The molecule has 0 saturated carbocycles. The number of benzene rings is 2. The van der Waals surface area contributed by atoms with Crippen molar-refractivity contribution in [3.63, 3.8) is 0 Å². The zero-order valence-electron chi connectivity index (χ0n) is 19.2. The van der Waals surface area contributed by atoms with Crippen LogP contribution in [0.5, 0.6) is 5.75 Å². The maximum Gasteiger partial charge on any atom is 0.169 e. The fourth-order valence-corrected chi connectivity index (χ4v) is 4.99. The molecule has 1 saturated heterocycles. The largest absolute Gasteiger partial charge is 0.497 e. The van der Waals surface area contributed by atoms with Gasteiger partial charge in [0, 0.05) is 30.2 Å². The lowest BCUT2D eigenvalue weighted by Crippen LogP contribution is -2.62. The van der Waals surface area contributed by atoms with E-state index in [0.29, 0.717) is 18.2 Å². The molecule has 6 heteroatoms. The van der Waals surface area contributed by atoms with Crippen LogP contribution in [0.3, 0.4) is 0 Å². The standard InChI is InChI=1S/C25H34FN3OS/c1-24(2)14-21(15-25(3,4)28-24)27-23(31)29(17-19-7-6-8-20(26)13-19)16-18-9-11-22(30-5)12-10-18/h6-13,21,28H,14-17H2,1-5H3,(H,27,31). The van der Waals surface area contributed by atoms with E-state index in [9.17, 15) is 4.39 Å². The number of hydrogen-bond donors (Lipinski definition) is 2. The third kappa shape index (κ3) is 6.91. The average Bonchev–Trinajstić information content (AvgIpc) is 2.65. The summed E-state index contributed by atoms with van der Waals surface area (Å²) in [6.45, 7) is 10.1. The number of halogens is 1. The molecule has 1 heterocycles. The Morgan fingerprint density at radius 1 is 1.06 bits per heavy atom. The fourth-order valence-electron chi connectivity index (χ4n) is 4.70. The van der Waals surface area contributed by atoms with Crippen molar-refractivity contribution < 1.29 is 9.13 Å². The topological polar surface area (TPSA) is 36.5 Å². The quantitative estimate of drug-likeness (QED) is 0.613. The molecule has 31 heavy (non-hydrogen) atoms. The maximum absolute atomic E-state index is 13.8. The summed E-state index contributed by atoms with van der Waals surface area (Å²) in [6.07, 6.45) is 1.96. The number of nitrogens with zero attached hydrogens (tertiary/aromatic N) is 1. The van der Waals surface area contributed by atoms with Crippen molar-refractivity contribution in [1.29, 1.82) is 0 Å². The molecule has 0 spiro atoms. The number of rotatable bonds is 6. The van der Waals surface area contributed by atoms with Gasteiger partial charge in [-0.05, 0) is 88.1 Å². The van der Waals surface area contributed by atoms with E-state index < -0.39 is 0 Å². The second-order valence-electron chi connectivity index (χ2n) is 9.78. The number of thiocarbonyl (C=S) groups is 1. The lowest BCUT2D eigenvalue weighted by atomic mass is 9.80. The first-order chi connectivity index (χ1) is 14.5. The van der Waals surface area contributed by atoms with Gasteiger partial charge in [0.15, 0.2) is 5.11 Å². The van der Waals surface area contributed by atoms with E-state index in [2.05, 4.69) is 43.2 Å². The summed E-state index contributed by atoms with van der Waals surface area (Å²) in [5.74, 6) is 0.586. The first-order valence-electron chi connectivity index (χ1n) is 10.8. The second-order valence-corrected chi connectivity index (χ2v) is 10.2. The summed E-state index contributed by atoms with van der Waals surface area (Å²) in [6, 6.07) is 15.0. The number of nitrogens with one attached hydrogen (secondary N) is 2. The van der Waals surface area contributed by atoms with E-state index in [1.807, 2.05) is 30.3 Å². The van der Waals surface area contributed by atoms with Gasteiger partial charge in [0.1, 0.15) is 11.6 Å². The molecular formula is C25H34FN3OS. The van der Waals surface area contributed by atoms with Crippen LogP contribution in [0.25, 0.3) is 0 Å². The van der Waals surface area contributed by atoms with Gasteiger partial charge in [-0.25, -0.2) is 4.39 Å². The molecule has 1 aliphatic heterocycles. The van der Waals surface area contributed by atoms with Gasteiger partial charge in [0.2, 0.25) is 0 Å². The van der Waals surface area contributed by atoms with Crippen LogP contribution in [0.4, 0.5) is 4.39 Å². The van der Waals surface area contributed by atoms with Gasteiger partial charge < -0.3 is 20.3 Å². The highest BCUT2D eigenvalue weighted by Crippen LogP contribution is 2.29. The molecule has 0 unspecified atom stereocenters. The smallest absolute Gasteiger partial charge is 0.169 e. The lowest BCUT2D eigenvalue weighted by Gasteiger charge is -2.47. The van der Waals surface area contributed by atoms with Gasteiger partial charge in [-0.1, -0.05) is 24.3 Å². The Labute approximate surface area is 191 Å². The van der Waals surface area contributed by atoms with Crippen LogP contribution in [0, 0.1) is 5.82 Å². The molecule has 0 bridgehead atoms. The Hall–Kier alpha value is -2.18. The number of ether oxygens (including phenoxy) is 1. The van der Waals surface area contributed by atoms with Crippen molar-refractivity contribution in [2.45, 2.75) is 70.7 Å². The van der Waals surface area contributed by atoms with Gasteiger partial charge in [-0.15, -0.1) is 0 Å². The third-order valence-electron chi connectivity index (χ3n) is 5.60. The van der Waals surface area contributed by atoms with Gasteiger partial charge >= 0.3 is 0 Å². The molecule has 0 aromatic heterocycles. The highest BCUT2D eigenvalue weighted by atomic mass is 32.1. The Bertz CT molecular complexity index is 882. The summed E-state index contributed by atoms with van der Waals surface area (Å²) in [4.78, 5) is 2.11. The van der Waals surface area contributed by atoms with Crippen molar-refractivity contribution >= 4 is 17.3 Å². The van der Waals surface area contributed by atoms with Crippen LogP contribution in [0.15, 0.2) is 48.5 Å². The van der Waals surface area contributed by atoms with E-state index >= 15 is 0 Å². The maximum atomic E-state index is 13.8. The van der Waals surface area contributed by atoms with E-state index in [0.717, 1.165) is 29.7 Å². The third-order valence-corrected chi connectivity index (χ3v) is 5.98. The van der Waals surface area contributed by atoms with Crippen LogP contribution < -0.4 is 15.4 Å². The Morgan fingerprint density at radius 3 is 2.26 bits per heavy atom. The molecule has 0 atom stereocenters. The van der Waals surface area contributed by atoms with Crippen molar-refractivity contribution in [2.75, 3.05) is 7.11 Å². The van der Waals surface area contributed by atoms with Crippen LogP contribution in [-0.4, -0.2) is 34.2 Å². The van der Waals surface area contributed by atoms with E-state index in [1.165, 1.54) is 6.07 Å². The summed E-state index contributed by atoms with van der Waals surface area (Å²) in [7, 11) is 1.66. The first-order valence-corrected chi connectivity index (χ1v) is 11.2. The van der Waals surface area contributed by atoms with Crippen LogP contribution in [0.2, 0.25) is 0 Å². The monoisotopic (exact) mass is 443 g/mol. The molecule has 2 N–H and O–H groups in total. The van der Waals surface area contributed by atoms with Crippen LogP contribution in [0.1, 0.15) is 51.7 Å². The molecule has 1 fully saturated rings. The van der Waals surface area contributed by atoms with Crippen molar-refractivity contribution in [2.24, 2.45) is 0 Å². The minimum absolute atomic E-state index is 0.0262. The number of piperidine rings is 1. The van der Waals surface area contributed by atoms with E-state index in [1.54, 1.807) is 19.2 Å². The number of hydrogen-bond acceptors (Lipinski definition) is 3. The van der Waals surface area contributed by atoms with E-state index in [-0.39, 0.29) is 22.9 Å². The highest BCUT2D eigenvalue weighted by molar-refractivity contribution is 7.80. The fraction of sp³-hybridized carbons (Fsp3) is 0.480. The first kappa shape index (κ1) is 23.5. The van der Waals surface area contributed by atoms with Gasteiger partial charge in [-0.3, -0.25) is 0 Å². The molecule has 0 amide bonds. The van der Waals surface area contributed by atoms with Crippen LogP contribution >= 0.6 is 12.2 Å². The summed E-state index contributed by atoms with van der Waals surface area (Å²) in [5.41, 5.74) is 2.06. The average molecular weight is 444 g/mol. The molecule has 168 valence electrons. The molecule has 0 aliphatic carbocycles. The zero-order valence-corrected chi connectivity index (χ0v) is 20.0. The van der Waals surface area contributed by atoms with Crippen molar-refractivity contribution in [3.05, 3.63) is 65.5 Å². The lowest BCUT2D eigenvalue weighted by molar-refractivity contribution is 0.153. The molecule has 2 aromatic rings. The van der Waals surface area contributed by atoms with Gasteiger partial charge in [-0.2, -0.15) is 0 Å². The molecule has 1 aliphatic rings. The summed E-state index contributed by atoms with van der Waals surface area (Å²) >= 11 is 5.86. The molecule has 0 radical (unpaired) electrons. The van der Waals surface area contributed by atoms with Crippen LogP contribution in [-0.2, 0) is 13.1 Å². The second kappa shape index (κ2) is 9.53. The highest BCUT2D eigenvalue weighted by Gasteiger charge is 2.38. The number of methoxy groups -OCH3 is 1. The Kier molecular flexibility index (Phi) is 7.22. The molecule has 2 aromatic carbocycles. The van der Waals surface area contributed by atoms with Gasteiger partial charge in [0.25, 0.3) is 0 Å². The van der Waals surface area contributed by atoms with E-state index in [4.69, 9.17) is 17.0 Å². The minimum atomic E-state index is -0.234. The molecule has 3 rings (SSSR count). The SMILES string of the molecule is COc1ccc(CN(Cc2cccc(F)c2)C(=S)NC2CC(C)(C)NC(C)(C)C2)cc1. The minimum Gasteiger partial charge on any atom is -0.497 e. The van der Waals surface area contributed by atoms with Crippen molar-refractivity contribution in [1.82, 2.24) is 15.5 Å².